The van der Waals surface area contributed by atoms with Gasteiger partial charge in [0.1, 0.15) is 0 Å². The number of benzene rings is 1. The van der Waals surface area contributed by atoms with Crippen LogP contribution >= 0.6 is 15.9 Å². The molecule has 1 aliphatic rings. The topological polar surface area (TPSA) is 52.7 Å². The van der Waals surface area contributed by atoms with Crippen LogP contribution in [0.1, 0.15) is 25.3 Å². The Balaban J connectivity index is 1.84. The summed E-state index contributed by atoms with van der Waals surface area (Å²) >= 11 is 3.41. The number of hydrogen-bond acceptors (Lipinski definition) is 3. The minimum absolute atomic E-state index is 0.0458. The Kier molecular flexibility index (Phi) is 6.18. The van der Waals surface area contributed by atoms with Gasteiger partial charge in [0.2, 0.25) is 11.8 Å². The molecule has 1 N–H and O–H groups in total. The SMILES string of the molecule is CC(C(=O)N(C)CC(=O)NC1CC1)N(C)Cc1ccc(Br)cc1. The van der Waals surface area contributed by atoms with Crippen LogP contribution in [-0.2, 0) is 16.1 Å². The van der Waals surface area contributed by atoms with Gasteiger partial charge in [-0.25, -0.2) is 0 Å². The van der Waals surface area contributed by atoms with Crippen molar-refractivity contribution >= 4 is 27.7 Å². The molecule has 0 aliphatic heterocycles. The van der Waals surface area contributed by atoms with E-state index in [-0.39, 0.29) is 24.4 Å². The van der Waals surface area contributed by atoms with Crippen molar-refractivity contribution in [1.82, 2.24) is 15.1 Å². The van der Waals surface area contributed by atoms with Crippen LogP contribution in [0.25, 0.3) is 0 Å². The number of amides is 2. The second kappa shape index (κ2) is 7.93. The molecule has 1 aromatic carbocycles. The smallest absolute Gasteiger partial charge is 0.239 e. The fraction of sp³-hybridized carbons (Fsp3) is 0.529. The summed E-state index contributed by atoms with van der Waals surface area (Å²) in [6.45, 7) is 2.67. The molecule has 2 amide bonds. The molecule has 0 saturated heterocycles. The van der Waals surface area contributed by atoms with Gasteiger partial charge >= 0.3 is 0 Å². The lowest BCUT2D eigenvalue weighted by Crippen LogP contribution is -2.47. The molecule has 0 bridgehead atoms. The number of hydrogen-bond donors (Lipinski definition) is 1. The quantitative estimate of drug-likeness (QED) is 0.785. The number of carbonyl (C=O) groups is 2. The van der Waals surface area contributed by atoms with Gasteiger partial charge in [0.15, 0.2) is 0 Å². The molecule has 126 valence electrons. The van der Waals surface area contributed by atoms with Crippen LogP contribution in [0.3, 0.4) is 0 Å². The fourth-order valence-corrected chi connectivity index (χ4v) is 2.58. The van der Waals surface area contributed by atoms with Gasteiger partial charge in [-0.2, -0.15) is 0 Å². The minimum Gasteiger partial charge on any atom is -0.352 e. The molecule has 1 fully saturated rings. The standard InChI is InChI=1S/C17H24BrN3O2/c1-12(20(2)10-13-4-6-14(18)7-5-13)17(23)21(3)11-16(22)19-15-8-9-15/h4-7,12,15H,8-11H2,1-3H3,(H,19,22). The highest BCUT2D eigenvalue weighted by molar-refractivity contribution is 9.10. The molecule has 0 spiro atoms. The van der Waals surface area contributed by atoms with Gasteiger partial charge in [-0.05, 0) is 44.5 Å². The van der Waals surface area contributed by atoms with Crippen LogP contribution < -0.4 is 5.32 Å². The lowest BCUT2D eigenvalue weighted by atomic mass is 10.2. The molecular weight excluding hydrogens is 358 g/mol. The van der Waals surface area contributed by atoms with Gasteiger partial charge in [-0.3, -0.25) is 14.5 Å². The Morgan fingerprint density at radius 3 is 2.43 bits per heavy atom. The zero-order valence-electron chi connectivity index (χ0n) is 13.9. The van der Waals surface area contributed by atoms with E-state index >= 15 is 0 Å². The van der Waals surface area contributed by atoms with Crippen molar-refractivity contribution in [2.24, 2.45) is 0 Å². The first-order valence-corrected chi connectivity index (χ1v) is 8.65. The molecule has 1 aliphatic carbocycles. The summed E-state index contributed by atoms with van der Waals surface area (Å²) in [6, 6.07) is 8.09. The summed E-state index contributed by atoms with van der Waals surface area (Å²) in [7, 11) is 3.60. The van der Waals surface area contributed by atoms with E-state index in [1.165, 1.54) is 4.90 Å². The maximum absolute atomic E-state index is 12.5. The fourth-order valence-electron chi connectivity index (χ4n) is 2.32. The molecule has 0 radical (unpaired) electrons. The first kappa shape index (κ1) is 17.9. The summed E-state index contributed by atoms with van der Waals surface area (Å²) in [6.07, 6.45) is 2.10. The van der Waals surface area contributed by atoms with E-state index in [0.29, 0.717) is 12.6 Å². The summed E-state index contributed by atoms with van der Waals surface area (Å²) < 4.78 is 1.04. The van der Waals surface area contributed by atoms with E-state index in [9.17, 15) is 9.59 Å². The van der Waals surface area contributed by atoms with Gasteiger partial charge in [-0.15, -0.1) is 0 Å². The monoisotopic (exact) mass is 381 g/mol. The third-order valence-electron chi connectivity index (χ3n) is 4.06. The largest absolute Gasteiger partial charge is 0.352 e. The van der Waals surface area contributed by atoms with E-state index in [4.69, 9.17) is 0 Å². The maximum atomic E-state index is 12.5. The zero-order chi connectivity index (χ0) is 17.0. The normalized spacial score (nSPS) is 15.3. The Labute approximate surface area is 146 Å². The lowest BCUT2D eigenvalue weighted by Gasteiger charge is -2.28. The van der Waals surface area contributed by atoms with E-state index in [2.05, 4.69) is 21.2 Å². The number of carbonyl (C=O) groups excluding carboxylic acids is 2. The molecule has 5 nitrogen and oxygen atoms in total. The van der Waals surface area contributed by atoms with Gasteiger partial charge in [-0.1, -0.05) is 28.1 Å². The van der Waals surface area contributed by atoms with Gasteiger partial charge < -0.3 is 10.2 Å². The van der Waals surface area contributed by atoms with Gasteiger partial charge in [0.25, 0.3) is 0 Å². The Morgan fingerprint density at radius 1 is 1.26 bits per heavy atom. The van der Waals surface area contributed by atoms with Crippen molar-refractivity contribution in [3.05, 3.63) is 34.3 Å². The maximum Gasteiger partial charge on any atom is 0.239 e. The average Bonchev–Trinajstić information content (AvgIpc) is 3.31. The summed E-state index contributed by atoms with van der Waals surface area (Å²) in [5.41, 5.74) is 1.14. The molecule has 6 heteroatoms. The van der Waals surface area contributed by atoms with E-state index in [1.54, 1.807) is 7.05 Å². The van der Waals surface area contributed by atoms with Crippen LogP contribution in [-0.4, -0.2) is 54.3 Å². The highest BCUT2D eigenvalue weighted by atomic mass is 79.9. The molecule has 23 heavy (non-hydrogen) atoms. The van der Waals surface area contributed by atoms with Crippen molar-refractivity contribution < 1.29 is 9.59 Å². The predicted octanol–water partition coefficient (Wildman–Crippen LogP) is 2.01. The number of rotatable bonds is 7. The molecule has 2 rings (SSSR count). The zero-order valence-corrected chi connectivity index (χ0v) is 15.5. The van der Waals surface area contributed by atoms with Crippen molar-refractivity contribution in [3.63, 3.8) is 0 Å². The van der Waals surface area contributed by atoms with Gasteiger partial charge in [0.05, 0.1) is 12.6 Å². The first-order chi connectivity index (χ1) is 10.9. The second-order valence-corrected chi connectivity index (χ2v) is 7.17. The Bertz CT molecular complexity index is 557. The summed E-state index contributed by atoms with van der Waals surface area (Å²) in [5, 5.41) is 2.90. The van der Waals surface area contributed by atoms with E-state index in [0.717, 1.165) is 22.9 Å². The van der Waals surface area contributed by atoms with Crippen LogP contribution in [0.4, 0.5) is 0 Å². The Morgan fingerprint density at radius 2 is 1.87 bits per heavy atom. The molecular formula is C17H24BrN3O2. The third kappa shape index (κ3) is 5.62. The van der Waals surface area contributed by atoms with Crippen molar-refractivity contribution in [2.45, 2.75) is 38.4 Å². The second-order valence-electron chi connectivity index (χ2n) is 6.25. The highest BCUT2D eigenvalue weighted by Gasteiger charge is 2.26. The number of likely N-dealkylation sites (N-methyl/N-ethyl adjacent to an activating group) is 2. The van der Waals surface area contributed by atoms with Crippen molar-refractivity contribution in [2.75, 3.05) is 20.6 Å². The number of nitrogens with zero attached hydrogens (tertiary/aromatic N) is 2. The van der Waals surface area contributed by atoms with Gasteiger partial charge in [0, 0.05) is 24.1 Å². The van der Waals surface area contributed by atoms with Crippen LogP contribution in [0.5, 0.6) is 0 Å². The number of halogens is 1. The van der Waals surface area contributed by atoms with E-state index in [1.807, 2.05) is 43.1 Å². The third-order valence-corrected chi connectivity index (χ3v) is 4.59. The molecule has 1 aromatic rings. The van der Waals surface area contributed by atoms with E-state index < -0.39 is 0 Å². The molecule has 1 atom stereocenters. The molecule has 1 saturated carbocycles. The lowest BCUT2D eigenvalue weighted by molar-refractivity contribution is -0.138. The minimum atomic E-state index is -0.280. The molecule has 0 heterocycles. The molecule has 1 unspecified atom stereocenters. The van der Waals surface area contributed by atoms with Crippen molar-refractivity contribution in [1.29, 1.82) is 0 Å². The van der Waals surface area contributed by atoms with Crippen LogP contribution in [0.15, 0.2) is 28.7 Å². The Hall–Kier alpha value is -1.40. The predicted molar refractivity (Wildman–Crippen MR) is 93.9 cm³/mol. The highest BCUT2D eigenvalue weighted by Crippen LogP contribution is 2.18. The first-order valence-electron chi connectivity index (χ1n) is 7.86. The number of nitrogens with one attached hydrogen (secondary N) is 1. The summed E-state index contributed by atoms with van der Waals surface area (Å²) in [4.78, 5) is 27.8. The molecule has 0 aromatic heterocycles. The summed E-state index contributed by atoms with van der Waals surface area (Å²) in [5.74, 6) is -0.123. The van der Waals surface area contributed by atoms with Crippen LogP contribution in [0.2, 0.25) is 0 Å². The van der Waals surface area contributed by atoms with Crippen LogP contribution in [0, 0.1) is 0 Å². The van der Waals surface area contributed by atoms with Crippen molar-refractivity contribution in [3.8, 4) is 0 Å². The average molecular weight is 382 g/mol.